The number of aromatic nitrogens is 1. The molecule has 0 aliphatic carbocycles. The molecule has 1 aromatic rings. The quantitative estimate of drug-likeness (QED) is 0.865. The summed E-state index contributed by atoms with van der Waals surface area (Å²) in [6, 6.07) is 3.48. The van der Waals surface area contributed by atoms with Crippen molar-refractivity contribution >= 4 is 18.3 Å². The largest absolute Gasteiger partial charge is 0.375 e. The van der Waals surface area contributed by atoms with Crippen LogP contribution < -0.4 is 5.73 Å². The Balaban J connectivity index is 0.00000162. The Labute approximate surface area is 113 Å². The summed E-state index contributed by atoms with van der Waals surface area (Å²) in [6.07, 6.45) is 1.72. The van der Waals surface area contributed by atoms with Crippen LogP contribution in [-0.2, 0) is 11.3 Å². The molecule has 1 aliphatic rings. The number of rotatable bonds is 2. The zero-order valence-electron chi connectivity index (χ0n) is 10.3. The van der Waals surface area contributed by atoms with Crippen LogP contribution in [0.3, 0.4) is 0 Å². The van der Waals surface area contributed by atoms with Crippen molar-refractivity contribution in [2.45, 2.75) is 19.6 Å². The highest BCUT2D eigenvalue weighted by atomic mass is 35.5. The van der Waals surface area contributed by atoms with Crippen LogP contribution in [0.4, 0.5) is 0 Å². The van der Waals surface area contributed by atoms with Crippen molar-refractivity contribution in [2.75, 3.05) is 19.7 Å². The number of halogens is 1. The summed E-state index contributed by atoms with van der Waals surface area (Å²) in [6.45, 7) is 4.20. The summed E-state index contributed by atoms with van der Waals surface area (Å²) in [4.78, 5) is 18.1. The standard InChI is InChI=1S/C12H17N3O2.ClH/c1-9-8-15(4-5-17-9)12(16)10-2-3-14-11(6-10)7-13;/h2-3,6,9H,4-5,7-8,13H2,1H3;1H. The van der Waals surface area contributed by atoms with Gasteiger partial charge < -0.3 is 15.4 Å². The number of carbonyl (C=O) groups excluding carboxylic acids is 1. The normalized spacial score (nSPS) is 19.2. The first-order valence-electron chi connectivity index (χ1n) is 5.76. The number of pyridine rings is 1. The molecule has 1 saturated heterocycles. The molecule has 100 valence electrons. The first-order valence-corrected chi connectivity index (χ1v) is 5.76. The highest BCUT2D eigenvalue weighted by Gasteiger charge is 2.22. The molecule has 0 radical (unpaired) electrons. The maximum atomic E-state index is 12.2. The zero-order valence-corrected chi connectivity index (χ0v) is 11.2. The minimum absolute atomic E-state index is 0. The zero-order chi connectivity index (χ0) is 12.3. The van der Waals surface area contributed by atoms with Gasteiger partial charge in [-0.15, -0.1) is 12.4 Å². The van der Waals surface area contributed by atoms with E-state index in [0.29, 0.717) is 31.8 Å². The second-order valence-electron chi connectivity index (χ2n) is 4.17. The lowest BCUT2D eigenvalue weighted by atomic mass is 10.2. The van der Waals surface area contributed by atoms with E-state index in [1.54, 1.807) is 18.3 Å². The number of carbonyl (C=O) groups is 1. The van der Waals surface area contributed by atoms with Gasteiger partial charge in [0.25, 0.3) is 5.91 Å². The monoisotopic (exact) mass is 271 g/mol. The summed E-state index contributed by atoms with van der Waals surface area (Å²) in [5.74, 6) is 0.0252. The molecule has 1 aromatic heterocycles. The average molecular weight is 272 g/mol. The topological polar surface area (TPSA) is 68.5 Å². The molecule has 1 unspecified atom stereocenters. The molecule has 6 heteroatoms. The molecule has 0 aromatic carbocycles. The number of nitrogens with zero attached hydrogens (tertiary/aromatic N) is 2. The van der Waals surface area contributed by atoms with Gasteiger partial charge in [0.1, 0.15) is 0 Å². The number of hydrogen-bond donors (Lipinski definition) is 1. The summed E-state index contributed by atoms with van der Waals surface area (Å²) >= 11 is 0. The summed E-state index contributed by atoms with van der Waals surface area (Å²) in [5, 5.41) is 0. The maximum absolute atomic E-state index is 12.2. The predicted octanol–water partition coefficient (Wildman–Crippen LogP) is 0.823. The fourth-order valence-electron chi connectivity index (χ4n) is 1.91. The van der Waals surface area contributed by atoms with E-state index in [0.717, 1.165) is 5.69 Å². The molecular weight excluding hydrogens is 254 g/mol. The second kappa shape index (κ2) is 6.68. The summed E-state index contributed by atoms with van der Waals surface area (Å²) < 4.78 is 5.41. The van der Waals surface area contributed by atoms with E-state index in [1.807, 2.05) is 11.8 Å². The van der Waals surface area contributed by atoms with Crippen molar-refractivity contribution in [3.63, 3.8) is 0 Å². The molecule has 0 spiro atoms. The van der Waals surface area contributed by atoms with Gasteiger partial charge in [-0.2, -0.15) is 0 Å². The molecule has 1 amide bonds. The van der Waals surface area contributed by atoms with Crippen molar-refractivity contribution in [1.82, 2.24) is 9.88 Å². The van der Waals surface area contributed by atoms with Gasteiger partial charge in [0, 0.05) is 31.4 Å². The van der Waals surface area contributed by atoms with Gasteiger partial charge in [0.2, 0.25) is 0 Å². The van der Waals surface area contributed by atoms with Crippen LogP contribution in [0, 0.1) is 0 Å². The second-order valence-corrected chi connectivity index (χ2v) is 4.17. The van der Waals surface area contributed by atoms with E-state index in [2.05, 4.69) is 4.98 Å². The number of hydrogen-bond acceptors (Lipinski definition) is 4. The highest BCUT2D eigenvalue weighted by Crippen LogP contribution is 2.10. The fourth-order valence-corrected chi connectivity index (χ4v) is 1.91. The number of nitrogens with two attached hydrogens (primary N) is 1. The Kier molecular flexibility index (Phi) is 5.53. The fraction of sp³-hybridized carbons (Fsp3) is 0.500. The van der Waals surface area contributed by atoms with Gasteiger partial charge in [0.05, 0.1) is 18.4 Å². The Bertz CT molecular complexity index is 414. The molecule has 2 heterocycles. The van der Waals surface area contributed by atoms with E-state index in [-0.39, 0.29) is 24.4 Å². The summed E-state index contributed by atoms with van der Waals surface area (Å²) in [7, 11) is 0. The Hall–Kier alpha value is -1.17. The number of ether oxygens (including phenoxy) is 1. The highest BCUT2D eigenvalue weighted by molar-refractivity contribution is 5.94. The molecule has 2 N–H and O–H groups in total. The van der Waals surface area contributed by atoms with Crippen LogP contribution in [-0.4, -0.2) is 41.6 Å². The van der Waals surface area contributed by atoms with E-state index >= 15 is 0 Å². The molecule has 1 aliphatic heterocycles. The summed E-state index contributed by atoms with van der Waals surface area (Å²) in [5.41, 5.74) is 6.89. The Morgan fingerprint density at radius 3 is 3.11 bits per heavy atom. The predicted molar refractivity (Wildman–Crippen MR) is 70.7 cm³/mol. The van der Waals surface area contributed by atoms with Crippen molar-refractivity contribution in [1.29, 1.82) is 0 Å². The maximum Gasteiger partial charge on any atom is 0.254 e. The molecule has 0 bridgehead atoms. The first kappa shape index (κ1) is 14.9. The van der Waals surface area contributed by atoms with Gasteiger partial charge in [-0.05, 0) is 19.1 Å². The third kappa shape index (κ3) is 3.41. The molecule has 0 saturated carbocycles. The van der Waals surface area contributed by atoms with Crippen LogP contribution in [0.1, 0.15) is 23.0 Å². The smallest absolute Gasteiger partial charge is 0.254 e. The van der Waals surface area contributed by atoms with Crippen molar-refractivity contribution in [2.24, 2.45) is 5.73 Å². The molecule has 1 fully saturated rings. The first-order chi connectivity index (χ1) is 8.20. The minimum Gasteiger partial charge on any atom is -0.375 e. The Morgan fingerprint density at radius 1 is 1.67 bits per heavy atom. The van der Waals surface area contributed by atoms with Gasteiger partial charge in [-0.3, -0.25) is 9.78 Å². The van der Waals surface area contributed by atoms with Gasteiger partial charge in [0.15, 0.2) is 0 Å². The molecule has 18 heavy (non-hydrogen) atoms. The van der Waals surface area contributed by atoms with E-state index < -0.39 is 0 Å². The average Bonchev–Trinajstić information content (AvgIpc) is 2.38. The van der Waals surface area contributed by atoms with E-state index in [9.17, 15) is 4.79 Å². The third-order valence-electron chi connectivity index (χ3n) is 2.80. The number of amides is 1. The molecule has 5 nitrogen and oxygen atoms in total. The van der Waals surface area contributed by atoms with Crippen LogP contribution in [0.25, 0.3) is 0 Å². The molecule has 2 rings (SSSR count). The lowest BCUT2D eigenvalue weighted by Gasteiger charge is -2.31. The van der Waals surface area contributed by atoms with Crippen LogP contribution in [0.2, 0.25) is 0 Å². The van der Waals surface area contributed by atoms with Gasteiger partial charge in [-0.25, -0.2) is 0 Å². The lowest BCUT2D eigenvalue weighted by molar-refractivity contribution is -0.0124. The molecule has 1 atom stereocenters. The van der Waals surface area contributed by atoms with E-state index in [4.69, 9.17) is 10.5 Å². The SMILES string of the molecule is CC1CN(C(=O)c2ccnc(CN)c2)CCO1.Cl. The lowest BCUT2D eigenvalue weighted by Crippen LogP contribution is -2.44. The third-order valence-corrected chi connectivity index (χ3v) is 2.80. The van der Waals surface area contributed by atoms with Crippen molar-refractivity contribution in [3.05, 3.63) is 29.6 Å². The van der Waals surface area contributed by atoms with Crippen LogP contribution >= 0.6 is 12.4 Å². The van der Waals surface area contributed by atoms with E-state index in [1.165, 1.54) is 0 Å². The van der Waals surface area contributed by atoms with Crippen molar-refractivity contribution < 1.29 is 9.53 Å². The number of morpholine rings is 1. The Morgan fingerprint density at radius 2 is 2.44 bits per heavy atom. The van der Waals surface area contributed by atoms with Crippen LogP contribution in [0.15, 0.2) is 18.3 Å². The van der Waals surface area contributed by atoms with Gasteiger partial charge >= 0.3 is 0 Å². The minimum atomic E-state index is 0. The van der Waals surface area contributed by atoms with Crippen LogP contribution in [0.5, 0.6) is 0 Å². The van der Waals surface area contributed by atoms with Crippen molar-refractivity contribution in [3.8, 4) is 0 Å². The van der Waals surface area contributed by atoms with Gasteiger partial charge in [-0.1, -0.05) is 0 Å². The molecular formula is C12H18ClN3O2.